The van der Waals surface area contributed by atoms with Gasteiger partial charge in [0.05, 0.1) is 6.61 Å². The van der Waals surface area contributed by atoms with Crippen LogP contribution in [0.5, 0.6) is 0 Å². The van der Waals surface area contributed by atoms with Crippen LogP contribution in [-0.2, 0) is 4.74 Å². The molecule has 0 saturated carbocycles. The predicted octanol–water partition coefficient (Wildman–Crippen LogP) is 1.02. The molecular formula is C10H18N4O2. The van der Waals surface area contributed by atoms with Gasteiger partial charge >= 0.3 is 6.09 Å². The summed E-state index contributed by atoms with van der Waals surface area (Å²) in [5, 5.41) is 4.18. The topological polar surface area (TPSA) is 50.6 Å². The van der Waals surface area contributed by atoms with Crippen molar-refractivity contribution >= 4 is 17.7 Å². The first-order chi connectivity index (χ1) is 7.47. The summed E-state index contributed by atoms with van der Waals surface area (Å²) in [7, 11) is 7.45. The SMILES string of the molecule is CCOC(=O)n1nc(N(C)C)cc1N(C)C. The van der Waals surface area contributed by atoms with Crippen molar-refractivity contribution in [2.75, 3.05) is 44.6 Å². The van der Waals surface area contributed by atoms with Crippen molar-refractivity contribution in [2.45, 2.75) is 6.92 Å². The largest absolute Gasteiger partial charge is 0.448 e. The van der Waals surface area contributed by atoms with E-state index in [2.05, 4.69) is 5.10 Å². The molecule has 1 aromatic heterocycles. The first kappa shape index (κ1) is 12.4. The number of hydrogen-bond acceptors (Lipinski definition) is 5. The van der Waals surface area contributed by atoms with Gasteiger partial charge in [-0.3, -0.25) is 0 Å². The highest BCUT2D eigenvalue weighted by Crippen LogP contribution is 2.19. The second-order valence-electron chi connectivity index (χ2n) is 3.76. The van der Waals surface area contributed by atoms with E-state index < -0.39 is 6.09 Å². The van der Waals surface area contributed by atoms with Crippen molar-refractivity contribution in [3.63, 3.8) is 0 Å². The number of carbonyl (C=O) groups is 1. The summed E-state index contributed by atoms with van der Waals surface area (Å²) in [6.07, 6.45) is -0.459. The van der Waals surface area contributed by atoms with E-state index in [9.17, 15) is 4.79 Å². The van der Waals surface area contributed by atoms with Gasteiger partial charge in [-0.05, 0) is 6.92 Å². The fraction of sp³-hybridized carbons (Fsp3) is 0.600. The van der Waals surface area contributed by atoms with Crippen molar-refractivity contribution in [3.05, 3.63) is 6.07 Å². The zero-order valence-corrected chi connectivity index (χ0v) is 10.4. The Morgan fingerprint density at radius 3 is 2.44 bits per heavy atom. The smallest absolute Gasteiger partial charge is 0.436 e. The quantitative estimate of drug-likeness (QED) is 0.770. The molecule has 0 spiro atoms. The van der Waals surface area contributed by atoms with Crippen LogP contribution in [0.2, 0.25) is 0 Å². The minimum atomic E-state index is -0.459. The normalized spacial score (nSPS) is 10.1. The van der Waals surface area contributed by atoms with Gasteiger partial charge < -0.3 is 14.5 Å². The van der Waals surface area contributed by atoms with Crippen LogP contribution in [0.15, 0.2) is 6.07 Å². The number of carbonyl (C=O) groups excluding carboxylic acids is 1. The van der Waals surface area contributed by atoms with Gasteiger partial charge in [0.25, 0.3) is 0 Å². The zero-order valence-electron chi connectivity index (χ0n) is 10.4. The van der Waals surface area contributed by atoms with Gasteiger partial charge in [0.15, 0.2) is 5.82 Å². The zero-order chi connectivity index (χ0) is 12.3. The van der Waals surface area contributed by atoms with E-state index in [0.29, 0.717) is 12.4 Å². The third-order valence-corrected chi connectivity index (χ3v) is 2.03. The Kier molecular flexibility index (Phi) is 3.76. The lowest BCUT2D eigenvalue weighted by atomic mass is 10.5. The summed E-state index contributed by atoms with van der Waals surface area (Å²) >= 11 is 0. The Balaban J connectivity index is 3.10. The van der Waals surface area contributed by atoms with Gasteiger partial charge in [0, 0.05) is 34.3 Å². The highest BCUT2D eigenvalue weighted by molar-refractivity contribution is 5.75. The minimum Gasteiger partial charge on any atom is -0.448 e. The molecule has 0 aromatic carbocycles. The minimum absolute atomic E-state index is 0.336. The van der Waals surface area contributed by atoms with Gasteiger partial charge in [-0.1, -0.05) is 0 Å². The molecule has 0 bridgehead atoms. The first-order valence-electron chi connectivity index (χ1n) is 5.09. The number of anilines is 2. The molecule has 0 N–H and O–H groups in total. The van der Waals surface area contributed by atoms with Crippen LogP contribution in [0.1, 0.15) is 6.92 Å². The van der Waals surface area contributed by atoms with Crippen LogP contribution in [0.3, 0.4) is 0 Å². The van der Waals surface area contributed by atoms with Crippen LogP contribution in [0, 0.1) is 0 Å². The molecule has 6 nitrogen and oxygen atoms in total. The lowest BCUT2D eigenvalue weighted by molar-refractivity contribution is 0.151. The Hall–Kier alpha value is -1.72. The van der Waals surface area contributed by atoms with Crippen LogP contribution in [0.25, 0.3) is 0 Å². The molecule has 1 heterocycles. The molecule has 16 heavy (non-hydrogen) atoms. The maximum Gasteiger partial charge on any atom is 0.436 e. The maximum absolute atomic E-state index is 11.6. The number of hydrogen-bond donors (Lipinski definition) is 0. The van der Waals surface area contributed by atoms with Crippen LogP contribution in [0.4, 0.5) is 16.4 Å². The third kappa shape index (κ3) is 2.44. The summed E-state index contributed by atoms with van der Waals surface area (Å²) < 4.78 is 6.19. The third-order valence-electron chi connectivity index (χ3n) is 2.03. The maximum atomic E-state index is 11.6. The monoisotopic (exact) mass is 226 g/mol. The number of aromatic nitrogens is 2. The van der Waals surface area contributed by atoms with E-state index in [4.69, 9.17) is 4.74 Å². The van der Waals surface area contributed by atoms with Crippen molar-refractivity contribution in [1.29, 1.82) is 0 Å². The van der Waals surface area contributed by atoms with E-state index >= 15 is 0 Å². The molecule has 0 saturated heterocycles. The molecule has 0 aliphatic heterocycles. The van der Waals surface area contributed by atoms with Gasteiger partial charge in [-0.15, -0.1) is 9.78 Å². The molecular weight excluding hydrogens is 208 g/mol. The average molecular weight is 226 g/mol. The lowest BCUT2D eigenvalue weighted by Gasteiger charge is -2.12. The molecule has 0 amide bonds. The number of rotatable bonds is 3. The van der Waals surface area contributed by atoms with Gasteiger partial charge in [0.2, 0.25) is 0 Å². The van der Waals surface area contributed by atoms with Crippen LogP contribution < -0.4 is 9.80 Å². The summed E-state index contributed by atoms with van der Waals surface area (Å²) in [6.45, 7) is 2.10. The molecule has 1 aromatic rings. The van der Waals surface area contributed by atoms with Gasteiger partial charge in [-0.2, -0.15) is 0 Å². The van der Waals surface area contributed by atoms with E-state index in [1.54, 1.807) is 6.92 Å². The van der Waals surface area contributed by atoms with Crippen LogP contribution >= 0.6 is 0 Å². The molecule has 0 unspecified atom stereocenters. The Bertz CT molecular complexity index is 371. The highest BCUT2D eigenvalue weighted by Gasteiger charge is 2.17. The van der Waals surface area contributed by atoms with E-state index in [1.165, 1.54) is 4.68 Å². The fourth-order valence-corrected chi connectivity index (χ4v) is 1.22. The summed E-state index contributed by atoms with van der Waals surface area (Å²) in [5.41, 5.74) is 0. The summed E-state index contributed by atoms with van der Waals surface area (Å²) in [5.74, 6) is 1.42. The first-order valence-corrected chi connectivity index (χ1v) is 5.09. The molecule has 0 fully saturated rings. The molecule has 90 valence electrons. The van der Waals surface area contributed by atoms with Crippen molar-refractivity contribution in [2.24, 2.45) is 0 Å². The van der Waals surface area contributed by atoms with Crippen molar-refractivity contribution in [1.82, 2.24) is 9.78 Å². The van der Waals surface area contributed by atoms with E-state index in [1.807, 2.05) is 44.1 Å². The fourth-order valence-electron chi connectivity index (χ4n) is 1.22. The lowest BCUT2D eigenvalue weighted by Crippen LogP contribution is -2.22. The standard InChI is InChI=1S/C10H18N4O2/c1-6-16-10(15)14-9(13(4)5)7-8(11-14)12(2)3/h7H,6H2,1-5H3. The number of nitrogens with zero attached hydrogens (tertiary/aromatic N) is 4. The van der Waals surface area contributed by atoms with Crippen molar-refractivity contribution < 1.29 is 9.53 Å². The molecule has 6 heteroatoms. The molecule has 1 rings (SSSR count). The molecule has 0 atom stereocenters. The van der Waals surface area contributed by atoms with Crippen molar-refractivity contribution in [3.8, 4) is 0 Å². The second-order valence-corrected chi connectivity index (χ2v) is 3.76. The van der Waals surface area contributed by atoms with Gasteiger partial charge in [0.1, 0.15) is 5.82 Å². The summed E-state index contributed by atoms with van der Waals surface area (Å²) in [6, 6.07) is 1.83. The molecule has 0 aliphatic rings. The summed E-state index contributed by atoms with van der Waals surface area (Å²) in [4.78, 5) is 15.3. The Morgan fingerprint density at radius 2 is 2.00 bits per heavy atom. The molecule has 0 aliphatic carbocycles. The second kappa shape index (κ2) is 4.87. The number of ether oxygens (including phenoxy) is 1. The molecule has 0 radical (unpaired) electrons. The highest BCUT2D eigenvalue weighted by atomic mass is 16.6. The Morgan fingerprint density at radius 1 is 1.38 bits per heavy atom. The average Bonchev–Trinajstić information content (AvgIpc) is 2.62. The van der Waals surface area contributed by atoms with Crippen LogP contribution in [-0.4, -0.2) is 50.7 Å². The predicted molar refractivity (Wildman–Crippen MR) is 63.3 cm³/mol. The van der Waals surface area contributed by atoms with E-state index in [0.717, 1.165) is 5.82 Å². The van der Waals surface area contributed by atoms with E-state index in [-0.39, 0.29) is 0 Å². The van der Waals surface area contributed by atoms with Gasteiger partial charge in [-0.25, -0.2) is 4.79 Å². The Labute approximate surface area is 95.4 Å².